The Morgan fingerprint density at radius 3 is 3.00 bits per heavy atom. The number of hydrogen-bond acceptors (Lipinski definition) is 4. The van der Waals surface area contributed by atoms with Gasteiger partial charge in [0.1, 0.15) is 11.5 Å². The van der Waals surface area contributed by atoms with E-state index in [1.807, 2.05) is 6.92 Å². The van der Waals surface area contributed by atoms with Gasteiger partial charge in [-0.3, -0.25) is 9.78 Å². The van der Waals surface area contributed by atoms with Crippen LogP contribution in [0.2, 0.25) is 0 Å². The van der Waals surface area contributed by atoms with Gasteiger partial charge in [-0.2, -0.15) is 0 Å². The van der Waals surface area contributed by atoms with Crippen LogP contribution in [0.1, 0.15) is 28.7 Å². The fraction of sp³-hybridized carbons (Fsp3) is 0.182. The van der Waals surface area contributed by atoms with Gasteiger partial charge in [-0.1, -0.05) is 6.92 Å². The Hall–Kier alpha value is -1.97. The molecular formula is C11H10N2O2. The van der Waals surface area contributed by atoms with Crippen molar-refractivity contribution < 1.29 is 9.21 Å². The maximum absolute atomic E-state index is 11.9. The molecular weight excluding hydrogens is 192 g/mol. The molecule has 0 bridgehead atoms. The monoisotopic (exact) mass is 202 g/mol. The average molecular weight is 202 g/mol. The summed E-state index contributed by atoms with van der Waals surface area (Å²) in [5.41, 5.74) is 0.909. The lowest BCUT2D eigenvalue weighted by atomic mass is 10.1. The number of aryl methyl sites for hydroxylation is 1. The zero-order chi connectivity index (χ0) is 10.7. The second-order valence-electron chi connectivity index (χ2n) is 3.03. The molecule has 0 atom stereocenters. The Bertz CT molecular complexity index is 462. The number of furan rings is 1. The summed E-state index contributed by atoms with van der Waals surface area (Å²) in [5.74, 6) is 0.541. The second-order valence-corrected chi connectivity index (χ2v) is 3.03. The number of rotatable bonds is 3. The maximum atomic E-state index is 11.9. The molecule has 0 fully saturated rings. The summed E-state index contributed by atoms with van der Waals surface area (Å²) < 4.78 is 5.19. The third kappa shape index (κ3) is 1.79. The molecule has 4 nitrogen and oxygen atoms in total. The van der Waals surface area contributed by atoms with Crippen molar-refractivity contribution >= 4 is 5.78 Å². The minimum atomic E-state index is -0.145. The molecule has 0 saturated heterocycles. The minimum Gasteiger partial charge on any atom is -0.469 e. The topological polar surface area (TPSA) is 56.0 Å². The molecule has 0 amide bonds. The molecule has 15 heavy (non-hydrogen) atoms. The van der Waals surface area contributed by atoms with E-state index in [4.69, 9.17) is 4.42 Å². The first-order chi connectivity index (χ1) is 7.33. The van der Waals surface area contributed by atoms with Crippen molar-refractivity contribution in [2.75, 3.05) is 0 Å². The van der Waals surface area contributed by atoms with Gasteiger partial charge in [0.2, 0.25) is 5.78 Å². The van der Waals surface area contributed by atoms with E-state index >= 15 is 0 Å². The molecule has 0 aliphatic rings. The van der Waals surface area contributed by atoms with Crippen molar-refractivity contribution in [3.63, 3.8) is 0 Å². The molecule has 0 saturated carbocycles. The van der Waals surface area contributed by atoms with Gasteiger partial charge in [0, 0.05) is 18.8 Å². The zero-order valence-electron chi connectivity index (χ0n) is 8.30. The van der Waals surface area contributed by atoms with Gasteiger partial charge in [0.15, 0.2) is 0 Å². The summed E-state index contributed by atoms with van der Waals surface area (Å²) in [5, 5.41) is 0. The van der Waals surface area contributed by atoms with Gasteiger partial charge in [0.25, 0.3) is 0 Å². The van der Waals surface area contributed by atoms with Gasteiger partial charge in [-0.25, -0.2) is 4.98 Å². The summed E-state index contributed by atoms with van der Waals surface area (Å²) in [6, 6.07) is 1.66. The number of hydrogen-bond donors (Lipinski definition) is 0. The number of carbonyl (C=O) groups excluding carboxylic acids is 1. The molecule has 76 valence electrons. The van der Waals surface area contributed by atoms with Crippen LogP contribution in [0.25, 0.3) is 0 Å². The first-order valence-corrected chi connectivity index (χ1v) is 4.70. The van der Waals surface area contributed by atoms with Gasteiger partial charge in [0.05, 0.1) is 18.0 Å². The predicted molar refractivity (Wildman–Crippen MR) is 53.6 cm³/mol. The molecule has 0 aliphatic carbocycles. The van der Waals surface area contributed by atoms with Crippen molar-refractivity contribution in [1.82, 2.24) is 9.97 Å². The van der Waals surface area contributed by atoms with Crippen molar-refractivity contribution in [1.29, 1.82) is 0 Å². The Balaban J connectivity index is 2.37. The minimum absolute atomic E-state index is 0.145. The van der Waals surface area contributed by atoms with E-state index in [0.29, 0.717) is 23.4 Å². The average Bonchev–Trinajstić information content (AvgIpc) is 2.77. The van der Waals surface area contributed by atoms with Gasteiger partial charge < -0.3 is 4.42 Å². The van der Waals surface area contributed by atoms with E-state index in [1.165, 1.54) is 24.9 Å². The predicted octanol–water partition coefficient (Wildman–Crippen LogP) is 1.86. The van der Waals surface area contributed by atoms with Gasteiger partial charge in [-0.15, -0.1) is 0 Å². The van der Waals surface area contributed by atoms with Crippen LogP contribution in [0.4, 0.5) is 0 Å². The van der Waals surface area contributed by atoms with Crippen molar-refractivity contribution in [3.8, 4) is 0 Å². The quantitative estimate of drug-likeness (QED) is 0.713. The van der Waals surface area contributed by atoms with E-state index in [-0.39, 0.29) is 5.78 Å². The number of aromatic nitrogens is 2. The lowest BCUT2D eigenvalue weighted by Gasteiger charge is -1.98. The van der Waals surface area contributed by atoms with E-state index in [1.54, 1.807) is 6.07 Å². The molecule has 2 heterocycles. The smallest absolute Gasteiger partial charge is 0.216 e. The highest BCUT2D eigenvalue weighted by Gasteiger charge is 2.16. The molecule has 0 aromatic carbocycles. The maximum Gasteiger partial charge on any atom is 0.216 e. The molecule has 4 heteroatoms. The Labute approximate surface area is 87.0 Å². The van der Waals surface area contributed by atoms with Crippen LogP contribution in [0, 0.1) is 0 Å². The normalized spacial score (nSPS) is 10.2. The van der Waals surface area contributed by atoms with Crippen LogP contribution in [0.3, 0.4) is 0 Å². The van der Waals surface area contributed by atoms with Crippen LogP contribution >= 0.6 is 0 Å². The van der Waals surface area contributed by atoms with Crippen LogP contribution in [0.15, 0.2) is 35.3 Å². The SMILES string of the molecule is CCc1occc1C(=O)c1cnccn1. The van der Waals surface area contributed by atoms with Crippen LogP contribution in [0.5, 0.6) is 0 Å². The lowest BCUT2D eigenvalue weighted by Crippen LogP contribution is -2.05. The first-order valence-electron chi connectivity index (χ1n) is 4.70. The number of nitrogens with zero attached hydrogens (tertiary/aromatic N) is 2. The standard InChI is InChI=1S/C11H10N2O2/c1-2-10-8(3-6-15-10)11(14)9-7-12-4-5-13-9/h3-7H,2H2,1H3. The molecule has 2 aromatic rings. The summed E-state index contributed by atoms with van der Waals surface area (Å²) in [4.78, 5) is 19.7. The largest absolute Gasteiger partial charge is 0.469 e. The van der Waals surface area contributed by atoms with E-state index < -0.39 is 0 Å². The Morgan fingerprint density at radius 2 is 2.33 bits per heavy atom. The van der Waals surface area contributed by atoms with Gasteiger partial charge >= 0.3 is 0 Å². The van der Waals surface area contributed by atoms with Crippen molar-refractivity contribution in [3.05, 3.63) is 47.9 Å². The second kappa shape index (κ2) is 4.04. The van der Waals surface area contributed by atoms with E-state index in [9.17, 15) is 4.79 Å². The van der Waals surface area contributed by atoms with Crippen molar-refractivity contribution in [2.24, 2.45) is 0 Å². The van der Waals surface area contributed by atoms with E-state index in [0.717, 1.165) is 0 Å². The summed E-state index contributed by atoms with van der Waals surface area (Å²) in [7, 11) is 0. The summed E-state index contributed by atoms with van der Waals surface area (Å²) >= 11 is 0. The highest BCUT2D eigenvalue weighted by molar-refractivity contribution is 6.08. The fourth-order valence-corrected chi connectivity index (χ4v) is 1.37. The fourth-order valence-electron chi connectivity index (χ4n) is 1.37. The molecule has 0 spiro atoms. The third-order valence-electron chi connectivity index (χ3n) is 2.11. The summed E-state index contributed by atoms with van der Waals surface area (Å²) in [6.07, 6.45) is 6.69. The molecule has 2 rings (SSSR count). The first kappa shape index (κ1) is 9.58. The highest BCUT2D eigenvalue weighted by Crippen LogP contribution is 2.14. The molecule has 0 radical (unpaired) electrons. The molecule has 0 aliphatic heterocycles. The van der Waals surface area contributed by atoms with Crippen molar-refractivity contribution in [2.45, 2.75) is 13.3 Å². The zero-order valence-corrected chi connectivity index (χ0v) is 8.30. The van der Waals surface area contributed by atoms with Crippen LogP contribution in [-0.4, -0.2) is 15.8 Å². The number of ketones is 1. The Kier molecular flexibility index (Phi) is 2.58. The number of carbonyl (C=O) groups is 1. The Morgan fingerprint density at radius 1 is 1.47 bits per heavy atom. The van der Waals surface area contributed by atoms with E-state index in [2.05, 4.69) is 9.97 Å². The van der Waals surface area contributed by atoms with Gasteiger partial charge in [-0.05, 0) is 6.07 Å². The third-order valence-corrected chi connectivity index (χ3v) is 2.11. The van der Waals surface area contributed by atoms with Crippen LogP contribution in [-0.2, 0) is 6.42 Å². The molecule has 0 N–H and O–H groups in total. The highest BCUT2D eigenvalue weighted by atomic mass is 16.3. The molecule has 0 unspecified atom stereocenters. The summed E-state index contributed by atoms with van der Waals surface area (Å²) in [6.45, 7) is 1.94. The molecule has 2 aromatic heterocycles. The van der Waals surface area contributed by atoms with Crippen LogP contribution < -0.4 is 0 Å². The lowest BCUT2D eigenvalue weighted by molar-refractivity contribution is 0.103.